The third kappa shape index (κ3) is 2.25. The summed E-state index contributed by atoms with van der Waals surface area (Å²) in [6.45, 7) is 0. The van der Waals surface area contributed by atoms with Gasteiger partial charge in [-0.1, -0.05) is 0 Å². The van der Waals surface area contributed by atoms with E-state index in [0.29, 0.717) is 9.13 Å². The zero-order chi connectivity index (χ0) is 10.7. The van der Waals surface area contributed by atoms with Crippen LogP contribution in [0.15, 0.2) is 6.20 Å². The molecule has 0 saturated heterocycles. The minimum Gasteiger partial charge on any atom is -0.481 e. The maximum Gasteiger partial charge on any atom is 0.270 e. The third-order valence-electron chi connectivity index (χ3n) is 1.64. The number of halogens is 4. The summed E-state index contributed by atoms with van der Waals surface area (Å²) in [6.07, 6.45) is -1.16. The maximum atomic E-state index is 12.6. The number of ether oxygens (including phenoxy) is 1. The van der Waals surface area contributed by atoms with Gasteiger partial charge in [0.25, 0.3) is 6.43 Å². The lowest BCUT2D eigenvalue weighted by Gasteiger charge is -2.10. The number of nitrogens with zero attached hydrogens (tertiary/aromatic N) is 1. The molecule has 0 radical (unpaired) electrons. The summed E-state index contributed by atoms with van der Waals surface area (Å²) < 4.78 is 30.4. The summed E-state index contributed by atoms with van der Waals surface area (Å²) in [7, 11) is 1.31. The van der Waals surface area contributed by atoms with Crippen molar-refractivity contribution in [3.05, 3.63) is 20.9 Å². The van der Waals surface area contributed by atoms with E-state index in [1.807, 2.05) is 22.6 Å². The molecule has 0 aromatic carbocycles. The summed E-state index contributed by atoms with van der Waals surface area (Å²) >= 11 is 7.39. The molecule has 0 saturated carbocycles. The lowest BCUT2D eigenvalue weighted by molar-refractivity contribution is 0.145. The van der Waals surface area contributed by atoms with Gasteiger partial charge < -0.3 is 4.74 Å². The largest absolute Gasteiger partial charge is 0.481 e. The van der Waals surface area contributed by atoms with Gasteiger partial charge in [0, 0.05) is 15.6 Å². The molecule has 1 heterocycles. The van der Waals surface area contributed by atoms with Crippen LogP contribution >= 0.6 is 34.2 Å². The Morgan fingerprint density at radius 2 is 2.29 bits per heavy atom. The number of pyridine rings is 1. The Morgan fingerprint density at radius 1 is 1.64 bits per heavy atom. The second-order valence-corrected chi connectivity index (χ2v) is 3.80. The fourth-order valence-electron chi connectivity index (χ4n) is 0.975. The zero-order valence-corrected chi connectivity index (χ0v) is 10.1. The molecule has 1 aromatic heterocycles. The van der Waals surface area contributed by atoms with Crippen molar-refractivity contribution in [2.24, 2.45) is 0 Å². The number of alkyl halides is 3. The van der Waals surface area contributed by atoms with Crippen LogP contribution in [0.2, 0.25) is 0 Å². The predicted octanol–water partition coefficient (Wildman–Crippen LogP) is 3.37. The highest BCUT2D eigenvalue weighted by Gasteiger charge is 2.21. The van der Waals surface area contributed by atoms with Gasteiger partial charge in [-0.05, 0) is 28.2 Å². The molecule has 6 heteroatoms. The van der Waals surface area contributed by atoms with E-state index in [9.17, 15) is 8.78 Å². The number of rotatable bonds is 3. The molecule has 0 aliphatic rings. The quantitative estimate of drug-likeness (QED) is 0.625. The van der Waals surface area contributed by atoms with Crippen molar-refractivity contribution in [3.63, 3.8) is 0 Å². The minimum absolute atomic E-state index is 0.0433. The number of hydrogen-bond donors (Lipinski definition) is 0. The Balaban J connectivity index is 3.31. The van der Waals surface area contributed by atoms with Gasteiger partial charge in [-0.25, -0.2) is 13.8 Å². The van der Waals surface area contributed by atoms with E-state index in [-0.39, 0.29) is 17.3 Å². The van der Waals surface area contributed by atoms with E-state index in [4.69, 9.17) is 16.3 Å². The molecule has 0 fully saturated rings. The first-order valence-electron chi connectivity index (χ1n) is 3.67. The van der Waals surface area contributed by atoms with E-state index in [2.05, 4.69) is 4.98 Å². The lowest BCUT2D eigenvalue weighted by Crippen LogP contribution is -2.01. The van der Waals surface area contributed by atoms with Gasteiger partial charge >= 0.3 is 0 Å². The van der Waals surface area contributed by atoms with Crippen LogP contribution in [0.1, 0.15) is 17.6 Å². The Morgan fingerprint density at radius 3 is 2.71 bits per heavy atom. The second kappa shape index (κ2) is 5.06. The first-order valence-corrected chi connectivity index (χ1v) is 5.28. The molecule has 0 N–H and O–H groups in total. The fraction of sp³-hybridized carbons (Fsp3) is 0.375. The van der Waals surface area contributed by atoms with Crippen LogP contribution in [0.5, 0.6) is 5.88 Å². The monoisotopic (exact) mass is 333 g/mol. The number of hydrogen-bond acceptors (Lipinski definition) is 2. The van der Waals surface area contributed by atoms with Gasteiger partial charge in [0.1, 0.15) is 0 Å². The molecule has 1 rings (SSSR count). The molecule has 2 nitrogen and oxygen atoms in total. The zero-order valence-electron chi connectivity index (χ0n) is 7.23. The van der Waals surface area contributed by atoms with Gasteiger partial charge in [-0.15, -0.1) is 11.6 Å². The van der Waals surface area contributed by atoms with Gasteiger partial charge in [0.05, 0.1) is 12.7 Å². The summed E-state index contributed by atoms with van der Waals surface area (Å²) in [5, 5.41) is 0. The molecule has 0 atom stereocenters. The standard InChI is InChI=1S/C8H7ClF2INO/c1-14-8-5(7(10)11)6(12)4(2-9)3-13-8/h3,7H,2H2,1H3. The normalized spacial score (nSPS) is 10.7. The number of methoxy groups -OCH3 is 1. The van der Waals surface area contributed by atoms with Crippen molar-refractivity contribution >= 4 is 34.2 Å². The smallest absolute Gasteiger partial charge is 0.270 e. The van der Waals surface area contributed by atoms with E-state index >= 15 is 0 Å². The summed E-state index contributed by atoms with van der Waals surface area (Å²) in [6, 6.07) is 0. The molecule has 0 amide bonds. The van der Waals surface area contributed by atoms with Gasteiger partial charge in [-0.2, -0.15) is 0 Å². The van der Waals surface area contributed by atoms with Crippen molar-refractivity contribution in [1.29, 1.82) is 0 Å². The molecular weight excluding hydrogens is 326 g/mol. The predicted molar refractivity (Wildman–Crippen MR) is 58.0 cm³/mol. The van der Waals surface area contributed by atoms with Crippen LogP contribution < -0.4 is 4.74 Å². The van der Waals surface area contributed by atoms with Crippen molar-refractivity contribution < 1.29 is 13.5 Å². The molecule has 0 unspecified atom stereocenters. The topological polar surface area (TPSA) is 22.1 Å². The van der Waals surface area contributed by atoms with Crippen molar-refractivity contribution in [1.82, 2.24) is 4.98 Å². The number of aromatic nitrogens is 1. The summed E-state index contributed by atoms with van der Waals surface area (Å²) in [4.78, 5) is 3.76. The van der Waals surface area contributed by atoms with E-state index < -0.39 is 6.43 Å². The van der Waals surface area contributed by atoms with Crippen LogP contribution in [0.3, 0.4) is 0 Å². The summed E-state index contributed by atoms with van der Waals surface area (Å²) in [5.74, 6) is 0.118. The van der Waals surface area contributed by atoms with Crippen LogP contribution in [-0.2, 0) is 5.88 Å². The van der Waals surface area contributed by atoms with Crippen LogP contribution in [0.4, 0.5) is 8.78 Å². The Hall–Kier alpha value is -0.170. The van der Waals surface area contributed by atoms with E-state index in [1.54, 1.807) is 0 Å². The Bertz CT molecular complexity index is 335. The third-order valence-corrected chi connectivity index (χ3v) is 3.20. The fourth-order valence-corrected chi connectivity index (χ4v) is 2.20. The highest BCUT2D eigenvalue weighted by Crippen LogP contribution is 2.33. The van der Waals surface area contributed by atoms with E-state index in [1.165, 1.54) is 13.3 Å². The molecule has 0 bridgehead atoms. The minimum atomic E-state index is -2.60. The van der Waals surface area contributed by atoms with Crippen molar-refractivity contribution in [2.45, 2.75) is 12.3 Å². The highest BCUT2D eigenvalue weighted by molar-refractivity contribution is 14.1. The van der Waals surface area contributed by atoms with E-state index in [0.717, 1.165) is 0 Å². The van der Waals surface area contributed by atoms with Gasteiger partial charge in [-0.3, -0.25) is 0 Å². The van der Waals surface area contributed by atoms with Crippen LogP contribution in [0.25, 0.3) is 0 Å². The average molecular weight is 334 g/mol. The summed E-state index contributed by atoms with van der Waals surface area (Å²) in [5.41, 5.74) is 0.398. The molecule has 14 heavy (non-hydrogen) atoms. The average Bonchev–Trinajstić information content (AvgIpc) is 2.16. The SMILES string of the molecule is COc1ncc(CCl)c(I)c1C(F)F. The molecular formula is C8H7ClF2INO. The second-order valence-electron chi connectivity index (χ2n) is 2.45. The molecule has 0 spiro atoms. The molecule has 0 aliphatic heterocycles. The van der Waals surface area contributed by atoms with Crippen LogP contribution in [0, 0.1) is 3.57 Å². The molecule has 78 valence electrons. The van der Waals surface area contributed by atoms with Gasteiger partial charge in [0.2, 0.25) is 5.88 Å². The molecule has 0 aliphatic carbocycles. The first kappa shape index (κ1) is 11.9. The van der Waals surface area contributed by atoms with Crippen LogP contribution in [-0.4, -0.2) is 12.1 Å². The first-order chi connectivity index (χ1) is 6.61. The van der Waals surface area contributed by atoms with Gasteiger partial charge in [0.15, 0.2) is 0 Å². The van der Waals surface area contributed by atoms with Crippen molar-refractivity contribution in [3.8, 4) is 5.88 Å². The maximum absolute atomic E-state index is 12.6. The Labute approximate surface area is 98.8 Å². The van der Waals surface area contributed by atoms with Crippen molar-refractivity contribution in [2.75, 3.05) is 7.11 Å². The molecule has 1 aromatic rings. The highest BCUT2D eigenvalue weighted by atomic mass is 127. The lowest BCUT2D eigenvalue weighted by atomic mass is 10.2. The Kier molecular flexibility index (Phi) is 4.31.